The SMILES string of the molecule is COc1ccccc1C1(O)C(=O)C(C)=C1OC(C)C. The summed E-state index contributed by atoms with van der Waals surface area (Å²) in [6, 6.07) is 6.92. The Morgan fingerprint density at radius 1 is 1.26 bits per heavy atom. The van der Waals surface area contributed by atoms with Gasteiger partial charge in [0, 0.05) is 11.1 Å². The predicted molar refractivity (Wildman–Crippen MR) is 70.8 cm³/mol. The number of hydrogen-bond acceptors (Lipinski definition) is 4. The number of aliphatic hydroxyl groups is 1. The molecule has 1 aliphatic carbocycles. The highest BCUT2D eigenvalue weighted by atomic mass is 16.5. The Balaban J connectivity index is 2.51. The van der Waals surface area contributed by atoms with Gasteiger partial charge < -0.3 is 14.6 Å². The van der Waals surface area contributed by atoms with Crippen molar-refractivity contribution in [2.45, 2.75) is 32.5 Å². The molecule has 0 spiro atoms. The van der Waals surface area contributed by atoms with Gasteiger partial charge in [0.25, 0.3) is 0 Å². The first-order valence-electron chi connectivity index (χ1n) is 6.21. The van der Waals surface area contributed by atoms with Crippen molar-refractivity contribution in [3.8, 4) is 5.75 Å². The Labute approximate surface area is 112 Å². The van der Waals surface area contributed by atoms with E-state index in [0.717, 1.165) is 0 Å². The first-order chi connectivity index (χ1) is 8.92. The number of carbonyl (C=O) groups excluding carboxylic acids is 1. The summed E-state index contributed by atoms with van der Waals surface area (Å²) in [5, 5.41) is 10.7. The zero-order chi connectivity index (χ0) is 14.2. The molecule has 1 aromatic rings. The second-order valence-corrected chi connectivity index (χ2v) is 4.86. The van der Waals surface area contributed by atoms with Gasteiger partial charge in [-0.15, -0.1) is 0 Å². The van der Waals surface area contributed by atoms with Crippen LogP contribution in [0.4, 0.5) is 0 Å². The second-order valence-electron chi connectivity index (χ2n) is 4.86. The number of ketones is 1. The molecule has 102 valence electrons. The van der Waals surface area contributed by atoms with Gasteiger partial charge in [-0.2, -0.15) is 0 Å². The molecule has 1 N–H and O–H groups in total. The van der Waals surface area contributed by atoms with Gasteiger partial charge in [0.2, 0.25) is 11.4 Å². The molecule has 0 bridgehead atoms. The van der Waals surface area contributed by atoms with Crippen LogP contribution in [0.2, 0.25) is 0 Å². The maximum absolute atomic E-state index is 12.1. The van der Waals surface area contributed by atoms with Crippen LogP contribution in [0.1, 0.15) is 26.3 Å². The summed E-state index contributed by atoms with van der Waals surface area (Å²) < 4.78 is 10.8. The van der Waals surface area contributed by atoms with Gasteiger partial charge in [0.05, 0.1) is 13.2 Å². The maximum Gasteiger partial charge on any atom is 0.214 e. The molecule has 1 aliphatic rings. The lowest BCUT2D eigenvalue weighted by Crippen LogP contribution is -2.49. The Bertz CT molecular complexity index is 545. The largest absolute Gasteiger partial charge is 0.496 e. The summed E-state index contributed by atoms with van der Waals surface area (Å²) in [5.74, 6) is 0.445. The fraction of sp³-hybridized carbons (Fsp3) is 0.400. The van der Waals surface area contributed by atoms with Crippen LogP contribution in [0, 0.1) is 0 Å². The molecule has 0 aromatic heterocycles. The lowest BCUT2D eigenvalue weighted by Gasteiger charge is -2.39. The van der Waals surface area contributed by atoms with E-state index in [9.17, 15) is 9.90 Å². The molecule has 0 saturated heterocycles. The summed E-state index contributed by atoms with van der Waals surface area (Å²) in [5.41, 5.74) is -0.841. The number of Topliss-reactive ketones (excluding diaryl/α,β-unsaturated/α-hetero) is 1. The van der Waals surface area contributed by atoms with E-state index in [2.05, 4.69) is 0 Å². The van der Waals surface area contributed by atoms with Crippen LogP contribution in [0.5, 0.6) is 5.75 Å². The van der Waals surface area contributed by atoms with Crippen LogP contribution in [0.15, 0.2) is 35.6 Å². The van der Waals surface area contributed by atoms with Crippen molar-refractivity contribution in [3.05, 3.63) is 41.2 Å². The lowest BCUT2D eigenvalue weighted by molar-refractivity contribution is -0.143. The number of hydrogen-bond donors (Lipinski definition) is 1. The normalized spacial score (nSPS) is 22.5. The molecule has 1 aromatic carbocycles. The summed E-state index contributed by atoms with van der Waals surface area (Å²) in [6.45, 7) is 5.36. The average molecular weight is 262 g/mol. The molecule has 0 fully saturated rings. The summed E-state index contributed by atoms with van der Waals surface area (Å²) in [4.78, 5) is 12.1. The van der Waals surface area contributed by atoms with Crippen LogP contribution >= 0.6 is 0 Å². The number of benzene rings is 1. The van der Waals surface area contributed by atoms with Crippen molar-refractivity contribution < 1.29 is 19.4 Å². The maximum atomic E-state index is 12.1. The van der Waals surface area contributed by atoms with E-state index < -0.39 is 5.60 Å². The van der Waals surface area contributed by atoms with Crippen molar-refractivity contribution in [2.24, 2.45) is 0 Å². The number of rotatable bonds is 4. The minimum Gasteiger partial charge on any atom is -0.496 e. The molecule has 0 aliphatic heterocycles. The third-order valence-electron chi connectivity index (χ3n) is 3.19. The number of ether oxygens (including phenoxy) is 2. The Morgan fingerprint density at radius 3 is 2.47 bits per heavy atom. The second kappa shape index (κ2) is 4.70. The number of carbonyl (C=O) groups is 1. The van der Waals surface area contributed by atoms with Crippen LogP contribution in [0.3, 0.4) is 0 Å². The van der Waals surface area contributed by atoms with Crippen LogP contribution in [-0.4, -0.2) is 24.1 Å². The van der Waals surface area contributed by atoms with Crippen LogP contribution in [-0.2, 0) is 15.1 Å². The van der Waals surface area contributed by atoms with Crippen molar-refractivity contribution in [3.63, 3.8) is 0 Å². The highest BCUT2D eigenvalue weighted by Gasteiger charge is 2.55. The van der Waals surface area contributed by atoms with E-state index in [1.54, 1.807) is 31.2 Å². The first kappa shape index (κ1) is 13.6. The molecule has 0 radical (unpaired) electrons. The van der Waals surface area contributed by atoms with Crippen molar-refractivity contribution in [1.82, 2.24) is 0 Å². The van der Waals surface area contributed by atoms with Crippen molar-refractivity contribution in [1.29, 1.82) is 0 Å². The zero-order valence-corrected chi connectivity index (χ0v) is 11.6. The van der Waals surface area contributed by atoms with Crippen molar-refractivity contribution >= 4 is 5.78 Å². The molecule has 0 saturated carbocycles. The minimum atomic E-state index is -1.72. The van der Waals surface area contributed by atoms with E-state index in [1.165, 1.54) is 7.11 Å². The highest BCUT2D eigenvalue weighted by molar-refractivity contribution is 6.11. The quantitative estimate of drug-likeness (QED) is 0.903. The van der Waals surface area contributed by atoms with Crippen LogP contribution < -0.4 is 4.74 Å². The summed E-state index contributed by atoms with van der Waals surface area (Å²) >= 11 is 0. The molecule has 4 heteroatoms. The van der Waals surface area contributed by atoms with Gasteiger partial charge in [-0.3, -0.25) is 4.79 Å². The van der Waals surface area contributed by atoms with E-state index in [-0.39, 0.29) is 11.9 Å². The molecular formula is C15H18O4. The summed E-state index contributed by atoms with van der Waals surface area (Å²) in [7, 11) is 1.50. The standard InChI is InChI=1S/C15H18O4/c1-9(2)19-14-10(3)13(16)15(14,17)11-7-5-6-8-12(11)18-4/h5-9,17H,1-4H3. The van der Waals surface area contributed by atoms with E-state index in [1.807, 2.05) is 13.8 Å². The molecule has 2 rings (SSSR count). The van der Waals surface area contributed by atoms with E-state index in [0.29, 0.717) is 22.6 Å². The topological polar surface area (TPSA) is 55.8 Å². The predicted octanol–water partition coefficient (Wildman–Crippen LogP) is 2.16. The minimum absolute atomic E-state index is 0.112. The van der Waals surface area contributed by atoms with Gasteiger partial charge in [-0.1, -0.05) is 18.2 Å². The van der Waals surface area contributed by atoms with Gasteiger partial charge in [-0.25, -0.2) is 0 Å². The first-order valence-corrected chi connectivity index (χ1v) is 6.21. The van der Waals surface area contributed by atoms with Gasteiger partial charge in [-0.05, 0) is 26.8 Å². The molecule has 0 amide bonds. The smallest absolute Gasteiger partial charge is 0.214 e. The third-order valence-corrected chi connectivity index (χ3v) is 3.19. The summed E-state index contributed by atoms with van der Waals surface area (Å²) in [6.07, 6.45) is -0.112. The van der Waals surface area contributed by atoms with Gasteiger partial charge in [0.1, 0.15) is 11.5 Å². The molecule has 1 unspecified atom stereocenters. The molecule has 0 heterocycles. The fourth-order valence-electron chi connectivity index (χ4n) is 2.28. The Hall–Kier alpha value is -1.81. The van der Waals surface area contributed by atoms with E-state index in [4.69, 9.17) is 9.47 Å². The monoisotopic (exact) mass is 262 g/mol. The Kier molecular flexibility index (Phi) is 3.37. The number of para-hydroxylation sites is 1. The number of methoxy groups -OCH3 is 1. The van der Waals surface area contributed by atoms with Crippen LogP contribution in [0.25, 0.3) is 0 Å². The molecular weight excluding hydrogens is 244 g/mol. The Morgan fingerprint density at radius 2 is 1.89 bits per heavy atom. The molecule has 19 heavy (non-hydrogen) atoms. The van der Waals surface area contributed by atoms with Gasteiger partial charge >= 0.3 is 0 Å². The third kappa shape index (κ3) is 1.92. The molecule has 4 nitrogen and oxygen atoms in total. The van der Waals surface area contributed by atoms with Crippen molar-refractivity contribution in [2.75, 3.05) is 7.11 Å². The zero-order valence-electron chi connectivity index (χ0n) is 11.6. The fourth-order valence-corrected chi connectivity index (χ4v) is 2.28. The average Bonchev–Trinajstić information content (AvgIpc) is 2.42. The molecule has 1 atom stereocenters. The van der Waals surface area contributed by atoms with Gasteiger partial charge in [0.15, 0.2) is 0 Å². The lowest BCUT2D eigenvalue weighted by atomic mass is 9.73. The highest BCUT2D eigenvalue weighted by Crippen LogP contribution is 2.47. The van der Waals surface area contributed by atoms with E-state index >= 15 is 0 Å².